The SMILES string of the molecule is CN=C(NCCN(C)C1CC1)N1CCN(c2ncccn2)CC1. The van der Waals surface area contributed by atoms with E-state index in [0.717, 1.165) is 57.2 Å². The Bertz CT molecular complexity index is 506. The minimum Gasteiger partial charge on any atom is -0.355 e. The van der Waals surface area contributed by atoms with Gasteiger partial charge in [0.15, 0.2) is 5.96 Å². The Morgan fingerprint density at radius 2 is 1.96 bits per heavy atom. The predicted octanol–water partition coefficient (Wildman–Crippen LogP) is 0.268. The van der Waals surface area contributed by atoms with Gasteiger partial charge < -0.3 is 20.0 Å². The van der Waals surface area contributed by atoms with Gasteiger partial charge >= 0.3 is 0 Å². The van der Waals surface area contributed by atoms with Crippen LogP contribution in [0.2, 0.25) is 0 Å². The van der Waals surface area contributed by atoms with Gasteiger partial charge in [-0.05, 0) is 26.0 Å². The molecule has 2 heterocycles. The van der Waals surface area contributed by atoms with E-state index >= 15 is 0 Å². The quantitative estimate of drug-likeness (QED) is 0.621. The molecule has 0 radical (unpaired) electrons. The standard InChI is InChI=1S/C16H27N7/c1-17-15(20-8-9-21(2)14-4-5-14)22-10-12-23(13-11-22)16-18-6-3-7-19-16/h3,6-7,14H,4-5,8-13H2,1-2H3,(H,17,20). The molecule has 23 heavy (non-hydrogen) atoms. The second-order valence-corrected chi connectivity index (χ2v) is 6.21. The number of piperazine rings is 1. The fraction of sp³-hybridized carbons (Fsp3) is 0.688. The summed E-state index contributed by atoms with van der Waals surface area (Å²) >= 11 is 0. The first kappa shape index (κ1) is 16.0. The number of guanidine groups is 1. The summed E-state index contributed by atoms with van der Waals surface area (Å²) in [7, 11) is 4.07. The zero-order valence-electron chi connectivity index (χ0n) is 14.1. The molecule has 0 bridgehead atoms. The molecule has 0 amide bonds. The number of nitrogens with one attached hydrogen (secondary N) is 1. The number of anilines is 1. The van der Waals surface area contributed by atoms with Gasteiger partial charge in [-0.1, -0.05) is 0 Å². The van der Waals surface area contributed by atoms with Crippen LogP contribution in [0.3, 0.4) is 0 Å². The lowest BCUT2D eigenvalue weighted by Gasteiger charge is -2.36. The molecule has 7 heteroatoms. The van der Waals surface area contributed by atoms with Crippen molar-refractivity contribution in [3.63, 3.8) is 0 Å². The summed E-state index contributed by atoms with van der Waals surface area (Å²) in [6, 6.07) is 2.66. The lowest BCUT2D eigenvalue weighted by Crippen LogP contribution is -2.53. The van der Waals surface area contributed by atoms with Gasteiger partial charge in [0, 0.05) is 64.8 Å². The molecule has 1 aromatic rings. The molecule has 1 saturated heterocycles. The van der Waals surface area contributed by atoms with Crippen molar-refractivity contribution < 1.29 is 0 Å². The lowest BCUT2D eigenvalue weighted by molar-refractivity contribution is 0.322. The van der Waals surface area contributed by atoms with E-state index in [1.165, 1.54) is 12.8 Å². The molecule has 3 rings (SSSR count). The van der Waals surface area contributed by atoms with Gasteiger partial charge in [-0.25, -0.2) is 9.97 Å². The summed E-state index contributed by atoms with van der Waals surface area (Å²) < 4.78 is 0. The minimum atomic E-state index is 0.813. The predicted molar refractivity (Wildman–Crippen MR) is 92.8 cm³/mol. The van der Waals surface area contributed by atoms with Gasteiger partial charge in [0.05, 0.1) is 0 Å². The zero-order chi connectivity index (χ0) is 16.1. The van der Waals surface area contributed by atoms with E-state index in [0.29, 0.717) is 0 Å². The minimum absolute atomic E-state index is 0.813. The van der Waals surface area contributed by atoms with Crippen LogP contribution in [0.1, 0.15) is 12.8 Å². The molecule has 0 unspecified atom stereocenters. The van der Waals surface area contributed by atoms with Gasteiger partial charge in [0.25, 0.3) is 0 Å². The first-order valence-electron chi connectivity index (χ1n) is 8.45. The van der Waals surface area contributed by atoms with Crippen molar-refractivity contribution in [2.45, 2.75) is 18.9 Å². The molecule has 1 N–H and O–H groups in total. The highest BCUT2D eigenvalue weighted by molar-refractivity contribution is 5.80. The maximum atomic E-state index is 4.43. The van der Waals surface area contributed by atoms with E-state index in [1.54, 1.807) is 12.4 Å². The highest BCUT2D eigenvalue weighted by Crippen LogP contribution is 2.24. The average Bonchev–Trinajstić information content (AvgIpc) is 3.45. The van der Waals surface area contributed by atoms with Crippen molar-refractivity contribution in [1.82, 2.24) is 25.1 Å². The Labute approximate surface area is 138 Å². The third kappa shape index (κ3) is 4.31. The van der Waals surface area contributed by atoms with E-state index in [-0.39, 0.29) is 0 Å². The van der Waals surface area contributed by atoms with Crippen LogP contribution in [0.4, 0.5) is 5.95 Å². The molecule has 0 aromatic carbocycles. The summed E-state index contributed by atoms with van der Waals surface area (Å²) in [5.41, 5.74) is 0. The maximum Gasteiger partial charge on any atom is 0.225 e. The Morgan fingerprint density at radius 1 is 1.26 bits per heavy atom. The van der Waals surface area contributed by atoms with E-state index in [9.17, 15) is 0 Å². The molecule has 0 atom stereocenters. The topological polar surface area (TPSA) is 59.9 Å². The summed E-state index contributed by atoms with van der Waals surface area (Å²) in [6.45, 7) is 5.75. The van der Waals surface area contributed by atoms with Gasteiger partial charge in [0.1, 0.15) is 0 Å². The Balaban J connectivity index is 1.43. The van der Waals surface area contributed by atoms with E-state index in [1.807, 2.05) is 13.1 Å². The van der Waals surface area contributed by atoms with Crippen LogP contribution >= 0.6 is 0 Å². The first-order valence-corrected chi connectivity index (χ1v) is 8.45. The van der Waals surface area contributed by atoms with Crippen molar-refractivity contribution in [3.8, 4) is 0 Å². The second kappa shape index (κ2) is 7.59. The number of aliphatic imine (C=N–C) groups is 1. The van der Waals surface area contributed by atoms with Crippen molar-refractivity contribution in [1.29, 1.82) is 0 Å². The summed E-state index contributed by atoms with van der Waals surface area (Å²) in [5.74, 6) is 1.82. The number of aromatic nitrogens is 2. The smallest absolute Gasteiger partial charge is 0.225 e. The Kier molecular flexibility index (Phi) is 5.27. The molecule has 1 aliphatic heterocycles. The van der Waals surface area contributed by atoms with Crippen molar-refractivity contribution >= 4 is 11.9 Å². The number of hydrogen-bond donors (Lipinski definition) is 1. The van der Waals surface area contributed by atoms with E-state index in [4.69, 9.17) is 0 Å². The molecule has 1 aromatic heterocycles. The number of likely N-dealkylation sites (N-methyl/N-ethyl adjacent to an activating group) is 1. The number of hydrogen-bond acceptors (Lipinski definition) is 5. The van der Waals surface area contributed by atoms with Gasteiger partial charge in [-0.2, -0.15) is 0 Å². The fourth-order valence-electron chi connectivity index (χ4n) is 2.95. The third-order valence-electron chi connectivity index (χ3n) is 4.54. The summed E-state index contributed by atoms with van der Waals surface area (Å²) in [5, 5.41) is 3.49. The molecule has 126 valence electrons. The van der Waals surface area contributed by atoms with Crippen molar-refractivity contribution in [2.75, 3.05) is 58.3 Å². The number of rotatable bonds is 5. The van der Waals surface area contributed by atoms with Crippen molar-refractivity contribution in [2.24, 2.45) is 4.99 Å². The van der Waals surface area contributed by atoms with Crippen LogP contribution in [0.5, 0.6) is 0 Å². The van der Waals surface area contributed by atoms with Crippen molar-refractivity contribution in [3.05, 3.63) is 18.5 Å². The maximum absolute atomic E-state index is 4.43. The largest absolute Gasteiger partial charge is 0.355 e. The van der Waals surface area contributed by atoms with Crippen LogP contribution in [0.25, 0.3) is 0 Å². The molecular formula is C16H27N7. The molecule has 2 fully saturated rings. The molecule has 7 nitrogen and oxygen atoms in total. The van der Waals surface area contributed by atoms with Crippen LogP contribution in [0.15, 0.2) is 23.5 Å². The Morgan fingerprint density at radius 3 is 2.57 bits per heavy atom. The van der Waals surface area contributed by atoms with Gasteiger partial charge in [-0.15, -0.1) is 0 Å². The molecule has 1 saturated carbocycles. The molecule has 2 aliphatic rings. The lowest BCUT2D eigenvalue weighted by atomic mass is 10.3. The average molecular weight is 317 g/mol. The fourth-order valence-corrected chi connectivity index (χ4v) is 2.95. The molecule has 1 aliphatic carbocycles. The Hall–Kier alpha value is -1.89. The number of nitrogens with zero attached hydrogens (tertiary/aromatic N) is 6. The first-order chi connectivity index (χ1) is 11.3. The summed E-state index contributed by atoms with van der Waals surface area (Å²) in [6.07, 6.45) is 6.31. The zero-order valence-corrected chi connectivity index (χ0v) is 14.1. The van der Waals surface area contributed by atoms with E-state index in [2.05, 4.69) is 42.0 Å². The van der Waals surface area contributed by atoms with Gasteiger partial charge in [-0.3, -0.25) is 4.99 Å². The highest BCUT2D eigenvalue weighted by Gasteiger charge is 2.26. The highest BCUT2D eigenvalue weighted by atomic mass is 15.4. The van der Waals surface area contributed by atoms with E-state index < -0.39 is 0 Å². The van der Waals surface area contributed by atoms with Crippen LogP contribution < -0.4 is 10.2 Å². The molecule has 0 spiro atoms. The molecular weight excluding hydrogens is 290 g/mol. The van der Waals surface area contributed by atoms with Crippen LogP contribution in [-0.2, 0) is 0 Å². The summed E-state index contributed by atoms with van der Waals surface area (Å²) in [4.78, 5) is 20.1. The second-order valence-electron chi connectivity index (χ2n) is 6.21. The monoisotopic (exact) mass is 317 g/mol. The van der Waals surface area contributed by atoms with Crippen LogP contribution in [-0.4, -0.2) is 85.1 Å². The third-order valence-corrected chi connectivity index (χ3v) is 4.54. The van der Waals surface area contributed by atoms with Gasteiger partial charge in [0.2, 0.25) is 5.95 Å². The van der Waals surface area contributed by atoms with Crippen LogP contribution in [0, 0.1) is 0 Å². The normalized spacial score (nSPS) is 19.3.